The monoisotopic (exact) mass is 454 g/mol. The Bertz CT molecular complexity index is 1150. The smallest absolute Gasteiger partial charge is 0.265 e. The van der Waals surface area contributed by atoms with E-state index < -0.39 is 5.82 Å². The third-order valence-electron chi connectivity index (χ3n) is 5.09. The maximum Gasteiger partial charge on any atom is 0.265 e. The van der Waals surface area contributed by atoms with Gasteiger partial charge in [-0.2, -0.15) is 0 Å². The van der Waals surface area contributed by atoms with Gasteiger partial charge in [-0.25, -0.2) is 4.39 Å². The van der Waals surface area contributed by atoms with Crippen molar-refractivity contribution in [1.82, 2.24) is 0 Å². The van der Waals surface area contributed by atoms with E-state index in [1.54, 1.807) is 43.5 Å². The molecular formula is C24H20ClFN2O4. The van der Waals surface area contributed by atoms with Crippen molar-refractivity contribution >= 4 is 34.8 Å². The summed E-state index contributed by atoms with van der Waals surface area (Å²) < 4.78 is 24.9. The fraction of sp³-hybridized carbons (Fsp3) is 0.167. The molecule has 3 aromatic carbocycles. The molecule has 2 amide bonds. The summed E-state index contributed by atoms with van der Waals surface area (Å²) in [5.41, 5.74) is 1.97. The number of hydrogen-bond donors (Lipinski definition) is 1. The first-order chi connectivity index (χ1) is 15.4. The number of anilines is 2. The molecule has 0 fully saturated rings. The van der Waals surface area contributed by atoms with Crippen LogP contribution in [0.25, 0.3) is 0 Å². The van der Waals surface area contributed by atoms with Crippen molar-refractivity contribution in [1.29, 1.82) is 0 Å². The van der Waals surface area contributed by atoms with Gasteiger partial charge in [-0.05, 0) is 48.0 Å². The molecule has 0 spiro atoms. The molecule has 8 heteroatoms. The molecule has 1 aliphatic rings. The number of methoxy groups -OCH3 is 1. The third-order valence-corrected chi connectivity index (χ3v) is 5.44. The minimum absolute atomic E-state index is 0.0516. The number of hydrogen-bond acceptors (Lipinski definition) is 4. The van der Waals surface area contributed by atoms with E-state index >= 15 is 0 Å². The Morgan fingerprint density at radius 1 is 1.19 bits per heavy atom. The Kier molecular flexibility index (Phi) is 6.28. The molecule has 0 bridgehead atoms. The summed E-state index contributed by atoms with van der Waals surface area (Å²) in [4.78, 5) is 26.5. The van der Waals surface area contributed by atoms with E-state index in [1.165, 1.54) is 17.0 Å². The number of carbonyl (C=O) groups is 2. The van der Waals surface area contributed by atoms with Gasteiger partial charge in [0.1, 0.15) is 17.3 Å². The van der Waals surface area contributed by atoms with Gasteiger partial charge in [0.05, 0.1) is 25.8 Å². The van der Waals surface area contributed by atoms with Gasteiger partial charge >= 0.3 is 0 Å². The quantitative estimate of drug-likeness (QED) is 0.591. The van der Waals surface area contributed by atoms with Gasteiger partial charge in [0.15, 0.2) is 6.61 Å². The molecule has 0 aliphatic carbocycles. The molecule has 0 unspecified atom stereocenters. The Hall–Kier alpha value is -3.58. The minimum atomic E-state index is -0.498. The Morgan fingerprint density at radius 2 is 1.97 bits per heavy atom. The average molecular weight is 455 g/mol. The Morgan fingerprint density at radius 3 is 2.69 bits per heavy atom. The highest BCUT2D eigenvalue weighted by Gasteiger charge is 2.27. The molecule has 0 radical (unpaired) electrons. The van der Waals surface area contributed by atoms with Gasteiger partial charge in [-0.15, -0.1) is 0 Å². The largest absolute Gasteiger partial charge is 0.497 e. The minimum Gasteiger partial charge on any atom is -0.497 e. The molecule has 164 valence electrons. The van der Waals surface area contributed by atoms with Crippen molar-refractivity contribution in [2.75, 3.05) is 23.9 Å². The summed E-state index contributed by atoms with van der Waals surface area (Å²) in [5.74, 6) is 0.122. The second-order valence-electron chi connectivity index (χ2n) is 7.22. The van der Waals surface area contributed by atoms with Gasteiger partial charge < -0.3 is 19.7 Å². The first-order valence-corrected chi connectivity index (χ1v) is 10.3. The summed E-state index contributed by atoms with van der Waals surface area (Å²) in [6.07, 6.45) is 0.172. The van der Waals surface area contributed by atoms with Gasteiger partial charge in [0.2, 0.25) is 5.91 Å². The summed E-state index contributed by atoms with van der Waals surface area (Å²) in [7, 11) is 1.58. The molecule has 6 nitrogen and oxygen atoms in total. The molecule has 32 heavy (non-hydrogen) atoms. The van der Waals surface area contributed by atoms with E-state index in [2.05, 4.69) is 5.32 Å². The number of nitrogens with zero attached hydrogens (tertiary/aromatic N) is 1. The van der Waals surface area contributed by atoms with Crippen LogP contribution < -0.4 is 19.7 Å². The number of ether oxygens (including phenoxy) is 2. The lowest BCUT2D eigenvalue weighted by Gasteiger charge is -2.30. The van der Waals surface area contributed by atoms with Crippen LogP contribution in [0.3, 0.4) is 0 Å². The topological polar surface area (TPSA) is 67.9 Å². The van der Waals surface area contributed by atoms with Crippen molar-refractivity contribution in [3.05, 3.63) is 82.6 Å². The van der Waals surface area contributed by atoms with E-state index in [0.717, 1.165) is 5.56 Å². The SMILES string of the molecule is COc1ccc(CC(=O)Nc2ccc3c(c2)N(Cc2c(F)cccc2Cl)C(=O)CO3)cc1. The zero-order valence-electron chi connectivity index (χ0n) is 17.2. The number of rotatable bonds is 6. The summed E-state index contributed by atoms with van der Waals surface area (Å²) >= 11 is 6.15. The predicted molar refractivity (Wildman–Crippen MR) is 120 cm³/mol. The highest BCUT2D eigenvalue weighted by molar-refractivity contribution is 6.31. The summed E-state index contributed by atoms with van der Waals surface area (Å²) in [6, 6.07) is 16.6. The first kappa shape index (κ1) is 21.6. The van der Waals surface area contributed by atoms with Gasteiger partial charge in [0.25, 0.3) is 5.91 Å². The number of nitrogens with one attached hydrogen (secondary N) is 1. The number of halogens is 2. The van der Waals surface area contributed by atoms with Gasteiger partial charge in [-0.1, -0.05) is 29.8 Å². The van der Waals surface area contributed by atoms with Crippen molar-refractivity contribution in [2.24, 2.45) is 0 Å². The fourth-order valence-corrected chi connectivity index (χ4v) is 3.65. The zero-order valence-corrected chi connectivity index (χ0v) is 18.0. The number of benzene rings is 3. The van der Waals surface area contributed by atoms with Crippen LogP contribution >= 0.6 is 11.6 Å². The Labute approximate surface area is 189 Å². The third kappa shape index (κ3) is 4.68. The van der Waals surface area contributed by atoms with E-state index in [9.17, 15) is 14.0 Å². The standard InChI is InChI=1S/C24H20ClFN2O4/c1-31-17-8-5-15(6-9-17)11-23(29)27-16-7-10-22-21(12-16)28(24(30)14-32-22)13-18-19(25)3-2-4-20(18)26/h2-10,12H,11,13-14H2,1H3,(H,27,29). The lowest BCUT2D eigenvalue weighted by Crippen LogP contribution is -2.38. The van der Waals surface area contributed by atoms with Crippen LogP contribution in [0.15, 0.2) is 60.7 Å². The molecule has 3 aromatic rings. The number of amides is 2. The fourth-order valence-electron chi connectivity index (χ4n) is 3.43. The van der Waals surface area contributed by atoms with Crippen LogP contribution in [0, 0.1) is 5.82 Å². The van der Waals surface area contributed by atoms with Crippen LogP contribution in [-0.2, 0) is 22.6 Å². The highest BCUT2D eigenvalue weighted by atomic mass is 35.5. The zero-order chi connectivity index (χ0) is 22.7. The predicted octanol–water partition coefficient (Wildman–Crippen LogP) is 4.59. The lowest BCUT2D eigenvalue weighted by atomic mass is 10.1. The van der Waals surface area contributed by atoms with Crippen LogP contribution in [0.1, 0.15) is 11.1 Å². The van der Waals surface area contributed by atoms with E-state index in [-0.39, 0.29) is 42.0 Å². The van der Waals surface area contributed by atoms with Crippen molar-refractivity contribution in [3.63, 3.8) is 0 Å². The number of carbonyl (C=O) groups excluding carboxylic acids is 2. The molecule has 0 aromatic heterocycles. The number of fused-ring (bicyclic) bond motifs is 1. The molecular weight excluding hydrogens is 435 g/mol. The lowest BCUT2D eigenvalue weighted by molar-refractivity contribution is -0.121. The normalized spacial score (nSPS) is 12.7. The second kappa shape index (κ2) is 9.28. The van der Waals surface area contributed by atoms with E-state index in [4.69, 9.17) is 21.1 Å². The van der Waals surface area contributed by atoms with Crippen LogP contribution in [-0.4, -0.2) is 25.5 Å². The first-order valence-electron chi connectivity index (χ1n) is 9.87. The molecule has 0 saturated carbocycles. The van der Waals surface area contributed by atoms with Gasteiger partial charge in [0, 0.05) is 16.3 Å². The highest BCUT2D eigenvalue weighted by Crippen LogP contribution is 2.36. The molecule has 1 aliphatic heterocycles. The van der Waals surface area contributed by atoms with E-state index in [0.29, 0.717) is 22.9 Å². The molecule has 0 atom stereocenters. The Balaban J connectivity index is 1.54. The van der Waals surface area contributed by atoms with Crippen LogP contribution in [0.2, 0.25) is 5.02 Å². The maximum atomic E-state index is 14.3. The van der Waals surface area contributed by atoms with E-state index in [1.807, 2.05) is 12.1 Å². The molecule has 4 rings (SSSR count). The molecule has 0 saturated heterocycles. The van der Waals surface area contributed by atoms with Crippen LogP contribution in [0.4, 0.5) is 15.8 Å². The van der Waals surface area contributed by atoms with Gasteiger partial charge in [-0.3, -0.25) is 9.59 Å². The van der Waals surface area contributed by atoms with Crippen molar-refractivity contribution in [3.8, 4) is 11.5 Å². The molecule has 1 heterocycles. The second-order valence-corrected chi connectivity index (χ2v) is 7.63. The van der Waals surface area contributed by atoms with Crippen molar-refractivity contribution < 1.29 is 23.5 Å². The molecule has 1 N–H and O–H groups in total. The summed E-state index contributed by atoms with van der Waals surface area (Å²) in [5, 5.41) is 3.06. The van der Waals surface area contributed by atoms with Crippen LogP contribution in [0.5, 0.6) is 11.5 Å². The van der Waals surface area contributed by atoms with Crippen molar-refractivity contribution in [2.45, 2.75) is 13.0 Å². The maximum absolute atomic E-state index is 14.3. The summed E-state index contributed by atoms with van der Waals surface area (Å²) in [6.45, 7) is -0.216. The average Bonchev–Trinajstić information content (AvgIpc) is 2.78.